The Kier molecular flexibility index (Phi) is 5.53. The second kappa shape index (κ2) is 7.83. The van der Waals surface area contributed by atoms with E-state index in [1.54, 1.807) is 30.3 Å². The minimum absolute atomic E-state index is 0.452. The van der Waals surface area contributed by atoms with Crippen LogP contribution in [0.1, 0.15) is 59.2 Å². The van der Waals surface area contributed by atoms with Crippen LogP contribution >= 0.6 is 15.9 Å². The third kappa shape index (κ3) is 4.28. The number of carbonyl (C=O) groups excluding carboxylic acids is 2. The molecule has 130 valence electrons. The average Bonchev–Trinajstić information content (AvgIpc) is 3.15. The molecule has 3 rings (SSSR count). The second-order valence-electron chi connectivity index (χ2n) is 6.35. The van der Waals surface area contributed by atoms with Crippen LogP contribution in [-0.2, 0) is 9.53 Å². The zero-order chi connectivity index (χ0) is 17.8. The molecule has 1 unspecified atom stereocenters. The maximum atomic E-state index is 12.5. The van der Waals surface area contributed by atoms with Crippen LogP contribution in [-0.4, -0.2) is 11.9 Å². The molecule has 1 amide bonds. The van der Waals surface area contributed by atoms with E-state index in [0.717, 1.165) is 22.9 Å². The molecule has 0 heterocycles. The summed E-state index contributed by atoms with van der Waals surface area (Å²) < 4.78 is 6.28. The second-order valence-corrected chi connectivity index (χ2v) is 7.26. The third-order valence-corrected chi connectivity index (χ3v) is 5.13. The number of carbonyl (C=O) groups is 2. The van der Waals surface area contributed by atoms with E-state index >= 15 is 0 Å². The summed E-state index contributed by atoms with van der Waals surface area (Å²) in [6, 6.07) is 14.5. The highest BCUT2D eigenvalue weighted by molar-refractivity contribution is 9.10. The summed E-state index contributed by atoms with van der Waals surface area (Å²) in [5.41, 5.74) is 7.60. The molecule has 5 heteroatoms. The Balaban J connectivity index is 1.78. The highest BCUT2D eigenvalue weighted by Gasteiger charge is 2.24. The van der Waals surface area contributed by atoms with Gasteiger partial charge < -0.3 is 10.5 Å². The molecule has 25 heavy (non-hydrogen) atoms. The highest BCUT2D eigenvalue weighted by atomic mass is 79.9. The van der Waals surface area contributed by atoms with Crippen molar-refractivity contribution in [3.8, 4) is 0 Å². The first-order chi connectivity index (χ1) is 12.0. The molecule has 0 spiro atoms. The molecule has 0 aromatic heterocycles. The fourth-order valence-electron chi connectivity index (χ4n) is 3.28. The molecule has 1 aliphatic carbocycles. The first kappa shape index (κ1) is 17.7. The molecule has 0 radical (unpaired) electrons. The van der Waals surface area contributed by atoms with Gasteiger partial charge in [-0.05, 0) is 48.6 Å². The van der Waals surface area contributed by atoms with E-state index in [2.05, 4.69) is 15.9 Å². The van der Waals surface area contributed by atoms with E-state index < -0.39 is 18.0 Å². The number of amides is 1. The summed E-state index contributed by atoms with van der Waals surface area (Å²) in [5.74, 6) is -0.722. The molecule has 0 saturated heterocycles. The van der Waals surface area contributed by atoms with Gasteiger partial charge >= 0.3 is 5.97 Å². The van der Waals surface area contributed by atoms with Crippen LogP contribution in [0.25, 0.3) is 0 Å². The molecule has 1 fully saturated rings. The van der Waals surface area contributed by atoms with Crippen LogP contribution in [0.4, 0.5) is 0 Å². The molecule has 0 aliphatic heterocycles. The maximum absolute atomic E-state index is 12.5. The van der Waals surface area contributed by atoms with Crippen molar-refractivity contribution in [3.63, 3.8) is 0 Å². The van der Waals surface area contributed by atoms with Crippen molar-refractivity contribution in [2.24, 2.45) is 5.73 Å². The van der Waals surface area contributed by atoms with Gasteiger partial charge in [0, 0.05) is 10.0 Å². The van der Waals surface area contributed by atoms with Crippen LogP contribution in [0.2, 0.25) is 0 Å². The van der Waals surface area contributed by atoms with E-state index in [1.807, 2.05) is 18.2 Å². The minimum Gasteiger partial charge on any atom is -0.444 e. The Morgan fingerprint density at radius 1 is 1.08 bits per heavy atom. The summed E-state index contributed by atoms with van der Waals surface area (Å²) in [6.07, 6.45) is 3.66. The molecule has 1 aliphatic rings. The Hall–Kier alpha value is -2.14. The van der Waals surface area contributed by atoms with Crippen LogP contribution < -0.4 is 5.73 Å². The van der Waals surface area contributed by atoms with E-state index in [0.29, 0.717) is 17.0 Å². The Morgan fingerprint density at radius 3 is 2.40 bits per heavy atom. The van der Waals surface area contributed by atoms with Gasteiger partial charge in [0.2, 0.25) is 6.10 Å². The number of benzene rings is 2. The summed E-state index contributed by atoms with van der Waals surface area (Å²) >= 11 is 3.34. The van der Waals surface area contributed by atoms with Gasteiger partial charge in [-0.15, -0.1) is 0 Å². The van der Waals surface area contributed by atoms with Gasteiger partial charge in [0.1, 0.15) is 0 Å². The summed E-state index contributed by atoms with van der Waals surface area (Å²) in [7, 11) is 0. The number of hydrogen-bond donors (Lipinski definition) is 1. The van der Waals surface area contributed by atoms with Gasteiger partial charge in [-0.2, -0.15) is 0 Å². The first-order valence-electron chi connectivity index (χ1n) is 8.40. The Morgan fingerprint density at radius 2 is 1.76 bits per heavy atom. The van der Waals surface area contributed by atoms with Crippen LogP contribution in [0, 0.1) is 0 Å². The maximum Gasteiger partial charge on any atom is 0.339 e. The zero-order valence-corrected chi connectivity index (χ0v) is 15.4. The predicted octanol–water partition coefficient (Wildman–Crippen LogP) is 4.49. The molecule has 2 aromatic carbocycles. The number of ether oxygens (including phenoxy) is 1. The van der Waals surface area contributed by atoms with Crippen molar-refractivity contribution in [2.75, 3.05) is 0 Å². The van der Waals surface area contributed by atoms with Gasteiger partial charge in [-0.1, -0.05) is 53.0 Å². The van der Waals surface area contributed by atoms with Gasteiger partial charge in [-0.3, -0.25) is 4.79 Å². The molecule has 0 bridgehead atoms. The molecule has 4 nitrogen and oxygen atoms in total. The topological polar surface area (TPSA) is 69.4 Å². The number of rotatable bonds is 5. The Bertz CT molecular complexity index is 767. The molecular formula is C20H20BrNO3. The minimum atomic E-state index is -1.10. The number of halogens is 1. The number of hydrogen-bond acceptors (Lipinski definition) is 3. The quantitative estimate of drug-likeness (QED) is 0.750. The predicted molar refractivity (Wildman–Crippen MR) is 99.1 cm³/mol. The first-order valence-corrected chi connectivity index (χ1v) is 9.19. The van der Waals surface area contributed by atoms with E-state index in [9.17, 15) is 9.59 Å². The zero-order valence-electron chi connectivity index (χ0n) is 13.8. The van der Waals surface area contributed by atoms with Crippen molar-refractivity contribution in [1.29, 1.82) is 0 Å². The van der Waals surface area contributed by atoms with E-state index in [4.69, 9.17) is 10.5 Å². The van der Waals surface area contributed by atoms with Crippen LogP contribution in [0.15, 0.2) is 53.0 Å². The fourth-order valence-corrected chi connectivity index (χ4v) is 3.55. The lowest BCUT2D eigenvalue weighted by Gasteiger charge is -2.16. The number of primary amides is 1. The number of esters is 1. The molecular weight excluding hydrogens is 382 g/mol. The van der Waals surface area contributed by atoms with Crippen LogP contribution in [0.3, 0.4) is 0 Å². The summed E-state index contributed by atoms with van der Waals surface area (Å²) in [6.45, 7) is 0. The fraction of sp³-hybridized carbons (Fsp3) is 0.300. The summed E-state index contributed by atoms with van der Waals surface area (Å²) in [4.78, 5) is 24.3. The lowest BCUT2D eigenvalue weighted by Crippen LogP contribution is -2.26. The molecule has 1 saturated carbocycles. The van der Waals surface area contributed by atoms with Crippen molar-refractivity contribution in [2.45, 2.75) is 37.7 Å². The molecule has 2 aromatic rings. The average molecular weight is 402 g/mol. The Labute approximate surface area is 155 Å². The van der Waals surface area contributed by atoms with Gasteiger partial charge in [-0.25, -0.2) is 4.79 Å². The smallest absolute Gasteiger partial charge is 0.339 e. The molecule has 2 N–H and O–H groups in total. The largest absolute Gasteiger partial charge is 0.444 e. The van der Waals surface area contributed by atoms with Crippen molar-refractivity contribution >= 4 is 27.8 Å². The normalized spacial score (nSPS) is 15.7. The lowest BCUT2D eigenvalue weighted by atomic mass is 9.96. The monoisotopic (exact) mass is 401 g/mol. The van der Waals surface area contributed by atoms with Gasteiger partial charge in [0.25, 0.3) is 5.91 Å². The third-order valence-electron chi connectivity index (χ3n) is 4.60. The lowest BCUT2D eigenvalue weighted by molar-refractivity contribution is -0.127. The van der Waals surface area contributed by atoms with Crippen LogP contribution in [0.5, 0.6) is 0 Å². The van der Waals surface area contributed by atoms with E-state index in [1.165, 1.54) is 12.8 Å². The number of nitrogens with two attached hydrogens (primary N) is 1. The highest BCUT2D eigenvalue weighted by Crippen LogP contribution is 2.34. The SMILES string of the molecule is NC(=O)C(OC(=O)c1cccc(C2CCCC2)c1)c1ccc(Br)cc1. The summed E-state index contributed by atoms with van der Waals surface area (Å²) in [5, 5.41) is 0. The van der Waals surface area contributed by atoms with Crippen molar-refractivity contribution in [3.05, 3.63) is 69.7 Å². The van der Waals surface area contributed by atoms with Crippen molar-refractivity contribution in [1.82, 2.24) is 0 Å². The van der Waals surface area contributed by atoms with E-state index in [-0.39, 0.29) is 0 Å². The standard InChI is InChI=1S/C20H20BrNO3/c21-17-10-8-14(9-11-17)18(19(22)23)25-20(24)16-7-3-6-15(12-16)13-4-1-2-5-13/h3,6-13,18H,1-2,4-5H2,(H2,22,23). The van der Waals surface area contributed by atoms with Gasteiger partial charge in [0.15, 0.2) is 0 Å². The van der Waals surface area contributed by atoms with Crippen molar-refractivity contribution < 1.29 is 14.3 Å². The molecule has 1 atom stereocenters. The van der Waals surface area contributed by atoms with Gasteiger partial charge in [0.05, 0.1) is 5.56 Å².